The van der Waals surface area contributed by atoms with Gasteiger partial charge in [-0.1, -0.05) is 19.1 Å². The highest BCUT2D eigenvalue weighted by molar-refractivity contribution is 5.99. The Hall–Kier alpha value is -2.76. The number of furan rings is 1. The number of nitrogens with two attached hydrogens (primary N) is 1. The van der Waals surface area contributed by atoms with Crippen molar-refractivity contribution in [2.45, 2.75) is 26.8 Å². The van der Waals surface area contributed by atoms with Gasteiger partial charge in [0.15, 0.2) is 0 Å². The van der Waals surface area contributed by atoms with Gasteiger partial charge in [-0.3, -0.25) is 4.79 Å². The number of primary amides is 1. The van der Waals surface area contributed by atoms with Crippen LogP contribution >= 0.6 is 0 Å². The van der Waals surface area contributed by atoms with Crippen LogP contribution in [0.25, 0.3) is 0 Å². The number of esters is 1. The zero-order chi connectivity index (χ0) is 17.0. The van der Waals surface area contributed by atoms with Crippen LogP contribution in [0.4, 0.5) is 5.69 Å². The molecule has 1 heterocycles. The third kappa shape index (κ3) is 3.53. The van der Waals surface area contributed by atoms with Crippen molar-refractivity contribution in [2.24, 2.45) is 5.73 Å². The van der Waals surface area contributed by atoms with E-state index in [1.54, 1.807) is 18.2 Å². The zero-order valence-electron chi connectivity index (χ0n) is 13.4. The third-order valence-electron chi connectivity index (χ3n) is 3.60. The average Bonchev–Trinajstić information content (AvgIpc) is 2.95. The second kappa shape index (κ2) is 7.00. The summed E-state index contributed by atoms with van der Waals surface area (Å²) in [4.78, 5) is 23.1. The predicted molar refractivity (Wildman–Crippen MR) is 86.4 cm³/mol. The highest BCUT2D eigenvalue weighted by Gasteiger charge is 2.17. The molecule has 0 spiro atoms. The molecule has 1 aromatic heterocycles. The summed E-state index contributed by atoms with van der Waals surface area (Å²) >= 11 is 0. The molecule has 2 rings (SSSR count). The van der Waals surface area contributed by atoms with E-state index in [9.17, 15) is 9.59 Å². The van der Waals surface area contributed by atoms with Crippen molar-refractivity contribution in [3.8, 4) is 0 Å². The Morgan fingerprint density at radius 2 is 2.09 bits per heavy atom. The lowest BCUT2D eigenvalue weighted by Gasteiger charge is -2.12. The number of aryl methyl sites for hydroxylation is 2. The fourth-order valence-electron chi connectivity index (χ4n) is 2.41. The summed E-state index contributed by atoms with van der Waals surface area (Å²) in [5.41, 5.74) is 8.28. The van der Waals surface area contributed by atoms with Gasteiger partial charge in [-0.25, -0.2) is 4.79 Å². The monoisotopic (exact) mass is 316 g/mol. The Morgan fingerprint density at radius 1 is 1.35 bits per heavy atom. The van der Waals surface area contributed by atoms with Crippen LogP contribution in [0.3, 0.4) is 0 Å². The van der Waals surface area contributed by atoms with Crippen LogP contribution in [0.5, 0.6) is 0 Å². The first-order valence-corrected chi connectivity index (χ1v) is 7.31. The molecular formula is C17H20N2O4. The molecular weight excluding hydrogens is 296 g/mol. The molecule has 0 saturated carbocycles. The molecule has 0 saturated heterocycles. The fraction of sp³-hybridized carbons (Fsp3) is 0.294. The molecule has 0 fully saturated rings. The fourth-order valence-corrected chi connectivity index (χ4v) is 2.41. The lowest BCUT2D eigenvalue weighted by atomic mass is 10.1. The van der Waals surface area contributed by atoms with Crippen molar-refractivity contribution >= 4 is 17.6 Å². The molecule has 0 aliphatic heterocycles. The number of nitrogens with one attached hydrogen (secondary N) is 1. The number of benzene rings is 1. The van der Waals surface area contributed by atoms with Crippen molar-refractivity contribution in [1.82, 2.24) is 0 Å². The number of methoxy groups -OCH3 is 1. The molecule has 0 aliphatic rings. The van der Waals surface area contributed by atoms with E-state index in [0.717, 1.165) is 11.1 Å². The van der Waals surface area contributed by atoms with Gasteiger partial charge in [0.2, 0.25) is 5.76 Å². The van der Waals surface area contributed by atoms with Gasteiger partial charge in [-0.2, -0.15) is 0 Å². The normalized spacial score (nSPS) is 10.4. The number of anilines is 1. The largest absolute Gasteiger partial charge is 0.463 e. The van der Waals surface area contributed by atoms with Crippen molar-refractivity contribution in [1.29, 1.82) is 0 Å². The minimum absolute atomic E-state index is 0.168. The Morgan fingerprint density at radius 3 is 2.70 bits per heavy atom. The summed E-state index contributed by atoms with van der Waals surface area (Å²) in [6, 6.07) is 7.00. The second-order valence-corrected chi connectivity index (χ2v) is 5.12. The van der Waals surface area contributed by atoms with Gasteiger partial charge < -0.3 is 20.2 Å². The molecule has 2 aromatic rings. The average molecular weight is 316 g/mol. The number of para-hydroxylation sites is 1. The first-order valence-electron chi connectivity index (χ1n) is 7.31. The molecule has 0 bridgehead atoms. The molecule has 0 aliphatic carbocycles. The van der Waals surface area contributed by atoms with E-state index in [1.807, 2.05) is 19.9 Å². The molecule has 3 N–H and O–H groups in total. The molecule has 23 heavy (non-hydrogen) atoms. The molecule has 0 radical (unpaired) electrons. The van der Waals surface area contributed by atoms with E-state index in [-0.39, 0.29) is 5.76 Å². The predicted octanol–water partition coefficient (Wildman–Crippen LogP) is 2.65. The molecule has 122 valence electrons. The maximum Gasteiger partial charge on any atom is 0.373 e. The van der Waals surface area contributed by atoms with Gasteiger partial charge in [0.05, 0.1) is 18.4 Å². The molecule has 1 amide bonds. The maximum atomic E-state index is 11.6. The van der Waals surface area contributed by atoms with Crippen LogP contribution < -0.4 is 11.1 Å². The van der Waals surface area contributed by atoms with Crippen LogP contribution in [0, 0.1) is 6.92 Å². The molecule has 6 nitrogen and oxygen atoms in total. The standard InChI is InChI=1S/C17H20N2O4/c1-4-13-11(8-14(23-13)17(21)22-3)9-19-15-10(2)6-5-7-12(15)16(18)20/h5-8,19H,4,9H2,1-3H3,(H2,18,20). The van der Waals surface area contributed by atoms with Crippen LogP contribution in [0.2, 0.25) is 0 Å². The smallest absolute Gasteiger partial charge is 0.373 e. The Balaban J connectivity index is 2.26. The molecule has 0 atom stereocenters. The van der Waals surface area contributed by atoms with Crippen LogP contribution in [-0.4, -0.2) is 19.0 Å². The number of amides is 1. The first kappa shape index (κ1) is 16.6. The number of hydrogen-bond acceptors (Lipinski definition) is 5. The number of carbonyl (C=O) groups excluding carboxylic acids is 2. The quantitative estimate of drug-likeness (QED) is 0.799. The van der Waals surface area contributed by atoms with Crippen molar-refractivity contribution in [3.05, 3.63) is 52.5 Å². The molecule has 6 heteroatoms. The highest BCUT2D eigenvalue weighted by Crippen LogP contribution is 2.23. The Kier molecular flexibility index (Phi) is 5.05. The Bertz CT molecular complexity index is 734. The minimum atomic E-state index is -0.514. The third-order valence-corrected chi connectivity index (χ3v) is 3.60. The number of ether oxygens (including phenoxy) is 1. The number of carbonyl (C=O) groups is 2. The van der Waals surface area contributed by atoms with Crippen molar-refractivity contribution in [2.75, 3.05) is 12.4 Å². The lowest BCUT2D eigenvalue weighted by Crippen LogP contribution is -2.15. The van der Waals surface area contributed by atoms with Gasteiger partial charge in [0.1, 0.15) is 5.76 Å². The lowest BCUT2D eigenvalue weighted by molar-refractivity contribution is 0.0563. The maximum absolute atomic E-state index is 11.6. The van der Waals surface area contributed by atoms with Crippen molar-refractivity contribution in [3.63, 3.8) is 0 Å². The Labute approximate surface area is 134 Å². The van der Waals surface area contributed by atoms with Gasteiger partial charge in [0, 0.05) is 18.5 Å². The van der Waals surface area contributed by atoms with E-state index in [1.165, 1.54) is 7.11 Å². The second-order valence-electron chi connectivity index (χ2n) is 5.12. The van der Waals surface area contributed by atoms with Crippen LogP contribution in [-0.2, 0) is 17.7 Å². The van der Waals surface area contributed by atoms with Gasteiger partial charge in [-0.15, -0.1) is 0 Å². The SMILES string of the molecule is CCc1oc(C(=O)OC)cc1CNc1c(C)cccc1C(N)=O. The first-order chi connectivity index (χ1) is 11.0. The van der Waals surface area contributed by atoms with Gasteiger partial charge >= 0.3 is 5.97 Å². The molecule has 1 aromatic carbocycles. The summed E-state index contributed by atoms with van der Waals surface area (Å²) in [5, 5.41) is 3.21. The van der Waals surface area contributed by atoms with E-state index in [0.29, 0.717) is 30.0 Å². The van der Waals surface area contributed by atoms with E-state index >= 15 is 0 Å². The highest BCUT2D eigenvalue weighted by atomic mass is 16.5. The number of rotatable bonds is 6. The van der Waals surface area contributed by atoms with Crippen LogP contribution in [0.15, 0.2) is 28.7 Å². The van der Waals surface area contributed by atoms with E-state index < -0.39 is 11.9 Å². The number of hydrogen-bond donors (Lipinski definition) is 2. The summed E-state index contributed by atoms with van der Waals surface area (Å²) in [6.07, 6.45) is 0.643. The van der Waals surface area contributed by atoms with Gasteiger partial charge in [-0.05, 0) is 24.6 Å². The summed E-state index contributed by atoms with van der Waals surface area (Å²) in [6.45, 7) is 4.24. The van der Waals surface area contributed by atoms with Gasteiger partial charge in [0.25, 0.3) is 5.91 Å². The van der Waals surface area contributed by atoms with Crippen LogP contribution in [0.1, 0.15) is 44.7 Å². The zero-order valence-corrected chi connectivity index (χ0v) is 13.4. The molecule has 0 unspecified atom stereocenters. The van der Waals surface area contributed by atoms with Crippen molar-refractivity contribution < 1.29 is 18.7 Å². The van der Waals surface area contributed by atoms with E-state index in [4.69, 9.17) is 10.2 Å². The van der Waals surface area contributed by atoms with E-state index in [2.05, 4.69) is 10.1 Å². The topological polar surface area (TPSA) is 94.6 Å². The summed E-state index contributed by atoms with van der Waals surface area (Å²) in [7, 11) is 1.31. The summed E-state index contributed by atoms with van der Waals surface area (Å²) in [5.74, 6) is -0.137. The minimum Gasteiger partial charge on any atom is -0.463 e. The summed E-state index contributed by atoms with van der Waals surface area (Å²) < 4.78 is 10.2.